The van der Waals surface area contributed by atoms with Crippen LogP contribution in [0.5, 0.6) is 0 Å². The molecule has 0 fully saturated rings. The molecule has 2 aromatic carbocycles. The Hall–Kier alpha value is -1.96. The lowest BCUT2D eigenvalue weighted by Crippen LogP contribution is -2.29. The largest absolute Gasteiger partial charge is 0.398 e. The number of nitrogen functional groups attached to an aromatic ring is 1. The minimum absolute atomic E-state index is 0.939. The van der Waals surface area contributed by atoms with Crippen LogP contribution >= 0.6 is 0 Å². The molecule has 110 valence electrons. The van der Waals surface area contributed by atoms with Crippen molar-refractivity contribution < 1.29 is 0 Å². The highest BCUT2D eigenvalue weighted by Gasteiger charge is 2.19. The summed E-state index contributed by atoms with van der Waals surface area (Å²) in [6.45, 7) is 8.71. The normalized spacial score (nSPS) is 14.1. The van der Waals surface area contributed by atoms with Gasteiger partial charge < -0.3 is 10.6 Å². The summed E-state index contributed by atoms with van der Waals surface area (Å²) >= 11 is 0. The third kappa shape index (κ3) is 2.63. The van der Waals surface area contributed by atoms with E-state index in [0.29, 0.717) is 0 Å². The van der Waals surface area contributed by atoms with Gasteiger partial charge in [0, 0.05) is 24.5 Å². The first-order valence-electron chi connectivity index (χ1n) is 7.75. The van der Waals surface area contributed by atoms with Crippen LogP contribution in [-0.4, -0.2) is 6.54 Å². The monoisotopic (exact) mass is 280 g/mol. The third-order valence-corrected chi connectivity index (χ3v) is 4.57. The zero-order valence-corrected chi connectivity index (χ0v) is 13.2. The van der Waals surface area contributed by atoms with Gasteiger partial charge in [0.05, 0.1) is 0 Å². The lowest BCUT2D eigenvalue weighted by atomic mass is 9.96. The first-order chi connectivity index (χ1) is 10.1. The van der Waals surface area contributed by atoms with Crippen LogP contribution in [0.25, 0.3) is 0 Å². The van der Waals surface area contributed by atoms with Crippen molar-refractivity contribution in [3.8, 4) is 0 Å². The molecule has 0 aromatic heterocycles. The van der Waals surface area contributed by atoms with Crippen LogP contribution in [0, 0.1) is 20.8 Å². The number of hydrogen-bond acceptors (Lipinski definition) is 2. The van der Waals surface area contributed by atoms with Gasteiger partial charge in [-0.3, -0.25) is 0 Å². The molecule has 0 spiro atoms. The molecule has 0 saturated carbocycles. The molecule has 2 heteroatoms. The van der Waals surface area contributed by atoms with Crippen LogP contribution in [0.2, 0.25) is 0 Å². The van der Waals surface area contributed by atoms with E-state index in [-0.39, 0.29) is 0 Å². The van der Waals surface area contributed by atoms with Gasteiger partial charge in [0.1, 0.15) is 0 Å². The van der Waals surface area contributed by atoms with E-state index in [1.165, 1.54) is 39.9 Å². The first-order valence-corrected chi connectivity index (χ1v) is 7.75. The number of nitrogens with two attached hydrogens (primary N) is 1. The maximum absolute atomic E-state index is 6.15. The summed E-state index contributed by atoms with van der Waals surface area (Å²) in [4.78, 5) is 2.49. The number of rotatable bonds is 2. The molecule has 0 bridgehead atoms. The predicted molar refractivity (Wildman–Crippen MR) is 90.9 cm³/mol. The quantitative estimate of drug-likeness (QED) is 0.837. The minimum Gasteiger partial charge on any atom is -0.398 e. The molecule has 2 nitrogen and oxygen atoms in total. The van der Waals surface area contributed by atoms with Crippen LogP contribution in [0.3, 0.4) is 0 Å². The highest BCUT2D eigenvalue weighted by Crippen LogP contribution is 2.33. The Morgan fingerprint density at radius 3 is 2.52 bits per heavy atom. The van der Waals surface area contributed by atoms with E-state index in [4.69, 9.17) is 5.73 Å². The zero-order chi connectivity index (χ0) is 15.0. The second kappa shape index (κ2) is 5.44. The van der Waals surface area contributed by atoms with Crippen molar-refractivity contribution in [2.24, 2.45) is 0 Å². The summed E-state index contributed by atoms with van der Waals surface area (Å²) in [6.07, 6.45) is 2.29. The van der Waals surface area contributed by atoms with Crippen LogP contribution in [0.1, 0.15) is 34.2 Å². The molecule has 2 aromatic rings. The number of anilines is 2. The van der Waals surface area contributed by atoms with Gasteiger partial charge in [-0.05, 0) is 68.0 Å². The van der Waals surface area contributed by atoms with Crippen molar-refractivity contribution >= 4 is 11.4 Å². The number of hydrogen-bond donors (Lipinski definition) is 1. The van der Waals surface area contributed by atoms with Crippen molar-refractivity contribution in [2.45, 2.75) is 40.2 Å². The molecular formula is C19H24N2. The topological polar surface area (TPSA) is 29.3 Å². The average Bonchev–Trinajstić information content (AvgIpc) is 2.43. The van der Waals surface area contributed by atoms with Gasteiger partial charge in [0.15, 0.2) is 0 Å². The molecule has 1 heterocycles. The predicted octanol–water partition coefficient (Wildman–Crippen LogP) is 4.15. The van der Waals surface area contributed by atoms with Crippen molar-refractivity contribution in [1.29, 1.82) is 0 Å². The number of aryl methyl sites for hydroxylation is 3. The Morgan fingerprint density at radius 2 is 1.81 bits per heavy atom. The lowest BCUT2D eigenvalue weighted by molar-refractivity contribution is 0.689. The fourth-order valence-electron chi connectivity index (χ4n) is 3.54. The molecule has 0 atom stereocenters. The summed E-state index contributed by atoms with van der Waals surface area (Å²) in [5.74, 6) is 0. The average molecular weight is 280 g/mol. The number of fused-ring (bicyclic) bond motifs is 1. The van der Waals surface area contributed by atoms with E-state index in [1.54, 1.807) is 0 Å². The van der Waals surface area contributed by atoms with E-state index >= 15 is 0 Å². The van der Waals surface area contributed by atoms with Gasteiger partial charge in [-0.1, -0.05) is 23.8 Å². The maximum Gasteiger partial charge on any atom is 0.0434 e. The smallest absolute Gasteiger partial charge is 0.0434 e. The van der Waals surface area contributed by atoms with Gasteiger partial charge in [-0.2, -0.15) is 0 Å². The van der Waals surface area contributed by atoms with E-state index < -0.39 is 0 Å². The summed E-state index contributed by atoms with van der Waals surface area (Å²) < 4.78 is 0. The fourth-order valence-corrected chi connectivity index (χ4v) is 3.54. The second-order valence-electron chi connectivity index (χ2n) is 6.25. The van der Waals surface area contributed by atoms with Gasteiger partial charge >= 0.3 is 0 Å². The molecule has 0 radical (unpaired) electrons. The molecule has 1 aliphatic heterocycles. The molecular weight excluding hydrogens is 256 g/mol. The molecule has 0 saturated heterocycles. The molecule has 0 amide bonds. The van der Waals surface area contributed by atoms with Crippen molar-refractivity contribution in [1.82, 2.24) is 0 Å². The Kier molecular flexibility index (Phi) is 3.62. The first kappa shape index (κ1) is 14.0. The van der Waals surface area contributed by atoms with E-state index in [2.05, 4.69) is 49.9 Å². The molecule has 1 aliphatic rings. The summed E-state index contributed by atoms with van der Waals surface area (Å²) in [5, 5.41) is 0. The fraction of sp³-hybridized carbons (Fsp3) is 0.368. The number of nitrogens with zero attached hydrogens (tertiary/aromatic N) is 1. The second-order valence-corrected chi connectivity index (χ2v) is 6.25. The molecule has 3 rings (SSSR count). The SMILES string of the molecule is Cc1cc(C)c(CN2CCCc3c(N)cccc32)c(C)c1. The molecule has 0 unspecified atom stereocenters. The van der Waals surface area contributed by atoms with E-state index in [1.807, 2.05) is 6.07 Å². The van der Waals surface area contributed by atoms with Crippen LogP contribution < -0.4 is 10.6 Å². The molecule has 0 aliphatic carbocycles. The van der Waals surface area contributed by atoms with Crippen LogP contribution in [0.4, 0.5) is 11.4 Å². The molecule has 21 heavy (non-hydrogen) atoms. The maximum atomic E-state index is 6.15. The summed E-state index contributed by atoms with van der Waals surface area (Å²) in [5.41, 5.74) is 15.3. The zero-order valence-electron chi connectivity index (χ0n) is 13.2. The third-order valence-electron chi connectivity index (χ3n) is 4.57. The Morgan fingerprint density at radius 1 is 1.10 bits per heavy atom. The van der Waals surface area contributed by atoms with Crippen LogP contribution in [-0.2, 0) is 13.0 Å². The van der Waals surface area contributed by atoms with Gasteiger partial charge in [-0.15, -0.1) is 0 Å². The Labute approximate surface area is 127 Å². The number of benzene rings is 2. The van der Waals surface area contributed by atoms with E-state index in [0.717, 1.165) is 25.2 Å². The Balaban J connectivity index is 1.96. The summed E-state index contributed by atoms with van der Waals surface area (Å²) in [6, 6.07) is 10.9. The standard InChI is InChI=1S/C19H24N2/c1-13-10-14(2)17(15(3)11-13)12-21-9-5-6-16-18(20)7-4-8-19(16)21/h4,7-8,10-11H,5-6,9,12,20H2,1-3H3. The van der Waals surface area contributed by atoms with Crippen LogP contribution in [0.15, 0.2) is 30.3 Å². The summed E-state index contributed by atoms with van der Waals surface area (Å²) in [7, 11) is 0. The van der Waals surface area contributed by atoms with Crippen molar-refractivity contribution in [3.05, 3.63) is 58.1 Å². The van der Waals surface area contributed by atoms with Crippen molar-refractivity contribution in [3.63, 3.8) is 0 Å². The lowest BCUT2D eigenvalue weighted by Gasteiger charge is -2.33. The minimum atomic E-state index is 0.939. The van der Waals surface area contributed by atoms with Gasteiger partial charge in [-0.25, -0.2) is 0 Å². The van der Waals surface area contributed by atoms with Gasteiger partial charge in [0.25, 0.3) is 0 Å². The van der Waals surface area contributed by atoms with E-state index in [9.17, 15) is 0 Å². The highest BCUT2D eigenvalue weighted by atomic mass is 15.1. The van der Waals surface area contributed by atoms with Gasteiger partial charge in [0.2, 0.25) is 0 Å². The highest BCUT2D eigenvalue weighted by molar-refractivity contribution is 5.66. The Bertz CT molecular complexity index is 650. The molecule has 2 N–H and O–H groups in total. The van der Waals surface area contributed by atoms with Crippen molar-refractivity contribution in [2.75, 3.05) is 17.2 Å².